The zero-order chi connectivity index (χ0) is 10.6. The number of hydrogen-bond donors (Lipinski definition) is 2. The highest BCUT2D eigenvalue weighted by atomic mass is 16.5. The summed E-state index contributed by atoms with van der Waals surface area (Å²) in [7, 11) is 0. The van der Waals surface area contributed by atoms with E-state index in [1.807, 2.05) is 0 Å². The van der Waals surface area contributed by atoms with Crippen LogP contribution in [0.15, 0.2) is 0 Å². The van der Waals surface area contributed by atoms with Gasteiger partial charge in [0, 0.05) is 18.6 Å². The van der Waals surface area contributed by atoms with Gasteiger partial charge in [-0.25, -0.2) is 0 Å². The van der Waals surface area contributed by atoms with Crippen LogP contribution in [-0.4, -0.2) is 37.9 Å². The minimum absolute atomic E-state index is 0.431. The minimum atomic E-state index is 0.431. The van der Waals surface area contributed by atoms with E-state index in [0.29, 0.717) is 11.6 Å². The molecule has 15 heavy (non-hydrogen) atoms. The van der Waals surface area contributed by atoms with Crippen LogP contribution in [0.1, 0.15) is 39.0 Å². The minimum Gasteiger partial charge on any atom is -0.376 e. The topological polar surface area (TPSA) is 33.3 Å². The lowest BCUT2D eigenvalue weighted by molar-refractivity contribution is 0.0210. The first-order valence-corrected chi connectivity index (χ1v) is 6.42. The second kappa shape index (κ2) is 5.28. The van der Waals surface area contributed by atoms with Crippen LogP contribution in [0.2, 0.25) is 0 Å². The molecule has 1 heterocycles. The molecule has 88 valence electrons. The Bertz CT molecular complexity index is 181. The Hall–Kier alpha value is -0.120. The first-order valence-electron chi connectivity index (χ1n) is 6.42. The van der Waals surface area contributed by atoms with E-state index in [0.717, 1.165) is 32.7 Å². The van der Waals surface area contributed by atoms with Gasteiger partial charge < -0.3 is 15.4 Å². The SMILES string of the molecule is CCC1(NCCC2CNCCO2)CCC1. The molecule has 0 amide bonds. The molecule has 1 saturated carbocycles. The molecule has 3 heteroatoms. The molecular formula is C12H24N2O. The van der Waals surface area contributed by atoms with Crippen LogP contribution >= 0.6 is 0 Å². The fraction of sp³-hybridized carbons (Fsp3) is 1.00. The number of ether oxygens (including phenoxy) is 1. The maximum absolute atomic E-state index is 5.68. The Morgan fingerprint density at radius 2 is 2.33 bits per heavy atom. The lowest BCUT2D eigenvalue weighted by atomic mass is 9.75. The number of nitrogens with one attached hydrogen (secondary N) is 2. The molecule has 0 radical (unpaired) electrons. The molecule has 0 bridgehead atoms. The molecule has 0 aromatic carbocycles. The van der Waals surface area contributed by atoms with Crippen molar-refractivity contribution in [1.82, 2.24) is 10.6 Å². The predicted molar refractivity (Wildman–Crippen MR) is 62.1 cm³/mol. The van der Waals surface area contributed by atoms with E-state index in [2.05, 4.69) is 17.6 Å². The highest BCUT2D eigenvalue weighted by Gasteiger charge is 2.34. The molecule has 1 aliphatic carbocycles. The normalized spacial score (nSPS) is 29.8. The third-order valence-electron chi connectivity index (χ3n) is 3.96. The summed E-state index contributed by atoms with van der Waals surface area (Å²) in [6, 6.07) is 0. The number of morpholine rings is 1. The molecule has 2 fully saturated rings. The third-order valence-corrected chi connectivity index (χ3v) is 3.96. The van der Waals surface area contributed by atoms with E-state index in [-0.39, 0.29) is 0 Å². The fourth-order valence-electron chi connectivity index (χ4n) is 2.56. The van der Waals surface area contributed by atoms with E-state index in [1.54, 1.807) is 0 Å². The molecule has 1 aliphatic heterocycles. The molecule has 0 aromatic heterocycles. The van der Waals surface area contributed by atoms with Crippen molar-refractivity contribution in [1.29, 1.82) is 0 Å². The second-order valence-corrected chi connectivity index (χ2v) is 4.90. The maximum atomic E-state index is 5.68. The van der Waals surface area contributed by atoms with Gasteiger partial charge in [0.15, 0.2) is 0 Å². The predicted octanol–water partition coefficient (Wildman–Crippen LogP) is 1.29. The largest absolute Gasteiger partial charge is 0.376 e. The van der Waals surface area contributed by atoms with E-state index >= 15 is 0 Å². The van der Waals surface area contributed by atoms with Crippen molar-refractivity contribution in [2.24, 2.45) is 0 Å². The van der Waals surface area contributed by atoms with Crippen molar-refractivity contribution in [2.45, 2.75) is 50.7 Å². The second-order valence-electron chi connectivity index (χ2n) is 4.90. The molecule has 2 rings (SSSR count). The summed E-state index contributed by atoms with van der Waals surface area (Å²) in [5.41, 5.74) is 0.488. The van der Waals surface area contributed by atoms with Crippen molar-refractivity contribution in [3.8, 4) is 0 Å². The monoisotopic (exact) mass is 212 g/mol. The smallest absolute Gasteiger partial charge is 0.0712 e. The van der Waals surface area contributed by atoms with Crippen molar-refractivity contribution >= 4 is 0 Å². The van der Waals surface area contributed by atoms with Gasteiger partial charge in [-0.1, -0.05) is 6.92 Å². The van der Waals surface area contributed by atoms with Crippen molar-refractivity contribution in [3.63, 3.8) is 0 Å². The van der Waals surface area contributed by atoms with Crippen LogP contribution in [0.4, 0.5) is 0 Å². The quantitative estimate of drug-likeness (QED) is 0.720. The zero-order valence-corrected chi connectivity index (χ0v) is 9.85. The Morgan fingerprint density at radius 3 is 2.87 bits per heavy atom. The molecule has 0 spiro atoms. The van der Waals surface area contributed by atoms with Crippen LogP contribution in [-0.2, 0) is 4.74 Å². The first kappa shape index (κ1) is 11.4. The molecule has 3 nitrogen and oxygen atoms in total. The summed E-state index contributed by atoms with van der Waals surface area (Å²) >= 11 is 0. The Morgan fingerprint density at radius 1 is 1.47 bits per heavy atom. The van der Waals surface area contributed by atoms with Crippen molar-refractivity contribution in [3.05, 3.63) is 0 Å². The molecule has 0 aromatic rings. The molecule has 2 N–H and O–H groups in total. The van der Waals surface area contributed by atoms with Gasteiger partial charge in [-0.2, -0.15) is 0 Å². The van der Waals surface area contributed by atoms with Gasteiger partial charge in [0.05, 0.1) is 12.7 Å². The highest BCUT2D eigenvalue weighted by Crippen LogP contribution is 2.34. The summed E-state index contributed by atoms with van der Waals surface area (Å²) in [5.74, 6) is 0. The van der Waals surface area contributed by atoms with Crippen LogP contribution < -0.4 is 10.6 Å². The van der Waals surface area contributed by atoms with Gasteiger partial charge in [0.25, 0.3) is 0 Å². The Balaban J connectivity index is 1.61. The summed E-state index contributed by atoms with van der Waals surface area (Å²) < 4.78 is 5.68. The van der Waals surface area contributed by atoms with Crippen LogP contribution in [0.25, 0.3) is 0 Å². The molecule has 1 unspecified atom stereocenters. The summed E-state index contributed by atoms with van der Waals surface area (Å²) in [4.78, 5) is 0. The summed E-state index contributed by atoms with van der Waals surface area (Å²) in [5, 5.41) is 7.09. The van der Waals surface area contributed by atoms with Crippen molar-refractivity contribution in [2.75, 3.05) is 26.2 Å². The lowest BCUT2D eigenvalue weighted by Gasteiger charge is -2.42. The van der Waals surface area contributed by atoms with Gasteiger partial charge in [0.1, 0.15) is 0 Å². The average molecular weight is 212 g/mol. The van der Waals surface area contributed by atoms with Gasteiger partial charge >= 0.3 is 0 Å². The Kier molecular flexibility index (Phi) is 4.00. The highest BCUT2D eigenvalue weighted by molar-refractivity contribution is 4.94. The van der Waals surface area contributed by atoms with Crippen LogP contribution in [0.3, 0.4) is 0 Å². The zero-order valence-electron chi connectivity index (χ0n) is 9.85. The van der Waals surface area contributed by atoms with E-state index < -0.39 is 0 Å². The molecule has 1 saturated heterocycles. The number of hydrogen-bond acceptors (Lipinski definition) is 3. The number of rotatable bonds is 5. The van der Waals surface area contributed by atoms with Gasteiger partial charge in [-0.3, -0.25) is 0 Å². The maximum Gasteiger partial charge on any atom is 0.0712 e. The van der Waals surface area contributed by atoms with Gasteiger partial charge in [-0.15, -0.1) is 0 Å². The summed E-state index contributed by atoms with van der Waals surface area (Å²) in [6.45, 7) is 6.33. The van der Waals surface area contributed by atoms with E-state index in [4.69, 9.17) is 4.74 Å². The lowest BCUT2D eigenvalue weighted by Crippen LogP contribution is -2.51. The fourth-order valence-corrected chi connectivity index (χ4v) is 2.56. The first-order chi connectivity index (χ1) is 7.35. The summed E-state index contributed by atoms with van der Waals surface area (Å²) in [6.07, 6.45) is 6.99. The Labute approximate surface area is 93.0 Å². The van der Waals surface area contributed by atoms with E-state index in [1.165, 1.54) is 25.7 Å². The molecular weight excluding hydrogens is 188 g/mol. The standard InChI is InChI=1S/C12H24N2O/c1-2-12(5-3-6-12)14-7-4-11-10-13-8-9-15-11/h11,13-14H,2-10H2,1H3. The van der Waals surface area contributed by atoms with Gasteiger partial charge in [-0.05, 0) is 38.6 Å². The third kappa shape index (κ3) is 2.92. The van der Waals surface area contributed by atoms with E-state index in [9.17, 15) is 0 Å². The van der Waals surface area contributed by atoms with Crippen molar-refractivity contribution < 1.29 is 4.74 Å². The average Bonchev–Trinajstić information content (AvgIpc) is 2.24. The van der Waals surface area contributed by atoms with Gasteiger partial charge in [0.2, 0.25) is 0 Å². The van der Waals surface area contributed by atoms with Crippen LogP contribution in [0, 0.1) is 0 Å². The molecule has 1 atom stereocenters. The van der Waals surface area contributed by atoms with Crippen LogP contribution in [0.5, 0.6) is 0 Å². The molecule has 2 aliphatic rings.